The van der Waals surface area contributed by atoms with Crippen LogP contribution < -0.4 is 4.57 Å². The molecular weight excluding hydrogens is 384 g/mol. The molecule has 0 bridgehead atoms. The maximum Gasteiger partial charge on any atom is 0.231 e. The summed E-state index contributed by atoms with van der Waals surface area (Å²) in [5.41, 5.74) is 5.63. The molecule has 1 heterocycles. The predicted molar refractivity (Wildman–Crippen MR) is 118 cm³/mol. The van der Waals surface area contributed by atoms with Gasteiger partial charge in [-0.1, -0.05) is 42.5 Å². The number of nitrogens with zero attached hydrogens (tertiary/aromatic N) is 6. The summed E-state index contributed by atoms with van der Waals surface area (Å²) in [5.74, 6) is 1.78. The normalized spacial score (nSPS) is 11.8. The molecule has 1 aliphatic rings. The van der Waals surface area contributed by atoms with E-state index in [9.17, 15) is 0 Å². The van der Waals surface area contributed by atoms with Crippen molar-refractivity contribution in [3.05, 3.63) is 94.5 Å². The summed E-state index contributed by atoms with van der Waals surface area (Å²) in [6.07, 6.45) is 5.20. The SMILES string of the molecule is C[n+]1c2ccccc2nc2ccccc21.N#CC(=C=[N-])C1=CCC(=C(C#N)C#N)C=C1. The van der Waals surface area contributed by atoms with Crippen LogP contribution >= 0.6 is 0 Å². The molecule has 0 aliphatic heterocycles. The molecule has 0 saturated carbocycles. The molecular formula is C25H16N6. The fourth-order valence-corrected chi connectivity index (χ4v) is 3.18. The Labute approximate surface area is 179 Å². The molecule has 0 atom stereocenters. The second-order valence-electron chi connectivity index (χ2n) is 6.57. The van der Waals surface area contributed by atoms with Gasteiger partial charge in [-0.25, -0.2) is 10.9 Å². The van der Waals surface area contributed by atoms with Crippen molar-refractivity contribution >= 4 is 27.9 Å². The molecule has 3 aromatic rings. The fraction of sp³-hybridized carbons (Fsp3) is 0.0800. The summed E-state index contributed by atoms with van der Waals surface area (Å²) in [7, 11) is 2.08. The van der Waals surface area contributed by atoms with Crippen LogP contribution in [0.25, 0.3) is 27.5 Å². The van der Waals surface area contributed by atoms with Crippen LogP contribution in [-0.2, 0) is 7.05 Å². The van der Waals surface area contributed by atoms with E-state index < -0.39 is 0 Å². The Hall–Kier alpha value is -4.82. The first-order chi connectivity index (χ1) is 15.1. The fourth-order valence-electron chi connectivity index (χ4n) is 3.18. The van der Waals surface area contributed by atoms with Crippen molar-refractivity contribution < 1.29 is 4.57 Å². The zero-order valence-electron chi connectivity index (χ0n) is 16.7. The molecule has 0 spiro atoms. The second kappa shape index (κ2) is 9.59. The summed E-state index contributed by atoms with van der Waals surface area (Å²) < 4.78 is 2.18. The smallest absolute Gasteiger partial charge is 0.231 e. The monoisotopic (exact) mass is 400 g/mol. The number of fused-ring (bicyclic) bond motifs is 2. The van der Waals surface area contributed by atoms with Gasteiger partial charge in [0.25, 0.3) is 0 Å². The molecule has 2 aromatic carbocycles. The number of allylic oxidation sites excluding steroid dienone is 7. The van der Waals surface area contributed by atoms with E-state index in [1.807, 2.05) is 36.4 Å². The third-order valence-electron chi connectivity index (χ3n) is 4.79. The lowest BCUT2D eigenvalue weighted by molar-refractivity contribution is -0.617. The van der Waals surface area contributed by atoms with Gasteiger partial charge >= 0.3 is 0 Å². The molecule has 1 aromatic heterocycles. The van der Waals surface area contributed by atoms with Gasteiger partial charge in [0.15, 0.2) is 0 Å². The highest BCUT2D eigenvalue weighted by Gasteiger charge is 2.11. The molecule has 0 N–H and O–H groups in total. The standard InChI is InChI=1S/C13H11N2.C12H5N4/c1-15-12-8-4-2-6-10(12)14-11-7-3-5-9-13(11)15;13-5-11(6-14)9-1-2-10(4-3-9)12(7-15)8-16/h2-9H,1H3;1-3H,4H2/q+1;-1. The van der Waals surface area contributed by atoms with E-state index in [2.05, 4.69) is 28.7 Å². The van der Waals surface area contributed by atoms with Gasteiger partial charge in [-0.15, -0.1) is 0 Å². The minimum absolute atomic E-state index is 0.0331. The lowest BCUT2D eigenvalue weighted by atomic mass is 9.95. The minimum atomic E-state index is 0.0331. The topological polar surface area (TPSA) is 110 Å². The average Bonchev–Trinajstić information content (AvgIpc) is 2.82. The summed E-state index contributed by atoms with van der Waals surface area (Å²) in [6, 6.07) is 21.8. The third kappa shape index (κ3) is 4.44. The molecule has 1 aliphatic carbocycles. The first-order valence-corrected chi connectivity index (χ1v) is 9.35. The van der Waals surface area contributed by atoms with Crippen LogP contribution in [0.5, 0.6) is 0 Å². The molecule has 0 saturated heterocycles. The van der Waals surface area contributed by atoms with Crippen molar-refractivity contribution in [3.63, 3.8) is 0 Å². The highest BCUT2D eigenvalue weighted by molar-refractivity contribution is 5.81. The Morgan fingerprint density at radius 2 is 1.48 bits per heavy atom. The van der Waals surface area contributed by atoms with Gasteiger partial charge in [0.1, 0.15) is 41.9 Å². The van der Waals surface area contributed by atoms with Gasteiger partial charge in [0, 0.05) is 12.1 Å². The van der Waals surface area contributed by atoms with Crippen LogP contribution in [0.15, 0.2) is 89.1 Å². The van der Waals surface area contributed by atoms with E-state index in [0.717, 1.165) is 22.1 Å². The molecule has 146 valence electrons. The Morgan fingerprint density at radius 1 is 0.903 bits per heavy atom. The predicted octanol–water partition coefficient (Wildman–Crippen LogP) is 4.12. The van der Waals surface area contributed by atoms with Gasteiger partial charge in [-0.3, -0.25) is 0 Å². The highest BCUT2D eigenvalue weighted by atomic mass is 15.0. The Morgan fingerprint density at radius 3 is 1.94 bits per heavy atom. The zero-order chi connectivity index (χ0) is 22.2. The minimum Gasteiger partial charge on any atom is -0.762 e. The third-order valence-corrected chi connectivity index (χ3v) is 4.79. The van der Waals surface area contributed by atoms with E-state index >= 15 is 0 Å². The van der Waals surface area contributed by atoms with Crippen molar-refractivity contribution in [3.8, 4) is 18.2 Å². The molecule has 6 heteroatoms. The number of benzene rings is 2. The first-order valence-electron chi connectivity index (χ1n) is 9.35. The van der Waals surface area contributed by atoms with Crippen molar-refractivity contribution in [2.45, 2.75) is 6.42 Å². The summed E-state index contributed by atoms with van der Waals surface area (Å²) in [6.45, 7) is 0. The van der Waals surface area contributed by atoms with Crippen molar-refractivity contribution in [1.82, 2.24) is 4.98 Å². The number of aryl methyl sites for hydroxylation is 1. The molecule has 0 amide bonds. The number of hydrogen-bond donors (Lipinski definition) is 0. The second-order valence-corrected chi connectivity index (χ2v) is 6.57. The lowest BCUT2D eigenvalue weighted by Gasteiger charge is -2.07. The van der Waals surface area contributed by atoms with Crippen LogP contribution in [0.4, 0.5) is 0 Å². The first kappa shape index (κ1) is 20.9. The van der Waals surface area contributed by atoms with E-state index in [1.54, 1.807) is 42.3 Å². The number of aromatic nitrogens is 2. The average molecular weight is 400 g/mol. The van der Waals surface area contributed by atoms with Crippen LogP contribution in [0.3, 0.4) is 0 Å². The van der Waals surface area contributed by atoms with Gasteiger partial charge in [0.05, 0.1) is 5.57 Å². The van der Waals surface area contributed by atoms with Gasteiger partial charge in [-0.2, -0.15) is 20.4 Å². The van der Waals surface area contributed by atoms with Crippen LogP contribution in [0.1, 0.15) is 6.42 Å². The molecule has 0 radical (unpaired) electrons. The summed E-state index contributed by atoms with van der Waals surface area (Å²) >= 11 is 0. The van der Waals surface area contributed by atoms with Gasteiger partial charge in [-0.05, 0) is 29.7 Å². The van der Waals surface area contributed by atoms with Crippen molar-refractivity contribution in [2.24, 2.45) is 7.05 Å². The Balaban J connectivity index is 0.000000176. The number of hydrogen-bond acceptors (Lipinski definition) is 4. The number of nitriles is 3. The summed E-state index contributed by atoms with van der Waals surface area (Å²) in [5, 5.41) is 34.6. The van der Waals surface area contributed by atoms with E-state index in [0.29, 0.717) is 17.6 Å². The van der Waals surface area contributed by atoms with Crippen molar-refractivity contribution in [2.75, 3.05) is 0 Å². The largest absolute Gasteiger partial charge is 0.762 e. The van der Waals surface area contributed by atoms with Gasteiger partial charge < -0.3 is 5.41 Å². The van der Waals surface area contributed by atoms with Gasteiger partial charge in [0.2, 0.25) is 11.0 Å². The molecule has 4 rings (SSSR count). The molecule has 31 heavy (non-hydrogen) atoms. The van der Waals surface area contributed by atoms with Crippen LogP contribution in [0, 0.1) is 34.0 Å². The summed E-state index contributed by atoms with van der Waals surface area (Å²) in [4.78, 5) is 4.62. The Bertz CT molecular complexity index is 1380. The van der Waals surface area contributed by atoms with E-state index in [4.69, 9.17) is 21.2 Å². The number of para-hydroxylation sites is 4. The highest BCUT2D eigenvalue weighted by Crippen LogP contribution is 2.21. The Kier molecular flexibility index (Phi) is 6.47. The zero-order valence-corrected chi connectivity index (χ0v) is 16.7. The maximum absolute atomic E-state index is 8.65. The van der Waals surface area contributed by atoms with Crippen molar-refractivity contribution in [1.29, 1.82) is 15.8 Å². The van der Waals surface area contributed by atoms with Crippen LogP contribution in [-0.4, -0.2) is 10.9 Å². The maximum atomic E-state index is 8.65. The van der Waals surface area contributed by atoms with E-state index in [1.165, 1.54) is 0 Å². The number of rotatable bonds is 1. The van der Waals surface area contributed by atoms with E-state index in [-0.39, 0.29) is 11.1 Å². The van der Waals surface area contributed by atoms with Crippen LogP contribution in [0.2, 0.25) is 0 Å². The molecule has 0 fully saturated rings. The molecule has 0 unspecified atom stereocenters. The molecule has 6 nitrogen and oxygen atoms in total. The lowest BCUT2D eigenvalue weighted by Crippen LogP contribution is -2.30. The quantitative estimate of drug-likeness (QED) is 0.265.